The molecule has 224 valence electrons. The van der Waals surface area contributed by atoms with Crippen LogP contribution in [0, 0.1) is 0 Å². The van der Waals surface area contributed by atoms with Gasteiger partial charge in [-0.05, 0) is 71.8 Å². The van der Waals surface area contributed by atoms with E-state index >= 15 is 0 Å². The summed E-state index contributed by atoms with van der Waals surface area (Å²) in [5.41, 5.74) is 4.99. The molecule has 1 aromatic heterocycles. The normalized spacial score (nSPS) is 14.0. The van der Waals surface area contributed by atoms with Crippen LogP contribution in [-0.2, 0) is 16.8 Å². The molecule has 6 nitrogen and oxygen atoms in total. The van der Waals surface area contributed by atoms with Crippen molar-refractivity contribution in [2.75, 3.05) is 0 Å². The smallest absolute Gasteiger partial charge is 0.333 e. The van der Waals surface area contributed by atoms with Crippen LogP contribution in [0.4, 0.5) is 0 Å². The van der Waals surface area contributed by atoms with Gasteiger partial charge >= 0.3 is 11.7 Å². The van der Waals surface area contributed by atoms with Gasteiger partial charge in [0.2, 0.25) is 0 Å². The number of carboxylic acids is 1. The Kier molecular flexibility index (Phi) is 7.61. The fourth-order valence-electron chi connectivity index (χ4n) is 6.42. The molecule has 1 aliphatic carbocycles. The number of hydrogen-bond acceptors (Lipinski definition) is 3. The second-order valence-electron chi connectivity index (χ2n) is 11.6. The number of fused-ring (bicyclic) bond motifs is 1. The van der Waals surface area contributed by atoms with E-state index in [1.807, 2.05) is 132 Å². The lowest BCUT2D eigenvalue weighted by Crippen LogP contribution is -2.53. The number of nitrogens with zero attached hydrogens (tertiary/aromatic N) is 2. The summed E-state index contributed by atoms with van der Waals surface area (Å²) in [5.74, 6) is -0.952. The molecule has 2 N–H and O–H groups in total. The van der Waals surface area contributed by atoms with Gasteiger partial charge in [0.15, 0.2) is 0 Å². The lowest BCUT2D eigenvalue weighted by atomic mass is 9.76. The largest absolute Gasteiger partial charge is 0.480 e. The van der Waals surface area contributed by atoms with Gasteiger partial charge in [-0.2, -0.15) is 0 Å². The summed E-state index contributed by atoms with van der Waals surface area (Å²) < 4.78 is 3.56. The van der Waals surface area contributed by atoms with E-state index in [9.17, 15) is 14.7 Å². The highest BCUT2D eigenvalue weighted by Crippen LogP contribution is 2.38. The number of halogens is 1. The quantitative estimate of drug-likeness (QED) is 0.158. The Morgan fingerprint density at radius 3 is 1.80 bits per heavy atom. The van der Waals surface area contributed by atoms with Gasteiger partial charge in [0.05, 0.1) is 22.3 Å². The molecule has 0 spiro atoms. The Hall–Kier alpha value is -4.91. The first kappa shape index (κ1) is 28.8. The van der Waals surface area contributed by atoms with Crippen molar-refractivity contribution in [2.24, 2.45) is 0 Å². The molecule has 1 saturated carbocycles. The van der Waals surface area contributed by atoms with Gasteiger partial charge in [0.25, 0.3) is 0 Å². The zero-order valence-electron chi connectivity index (χ0n) is 24.5. The molecule has 0 amide bonds. The zero-order valence-corrected chi connectivity index (χ0v) is 25.3. The van der Waals surface area contributed by atoms with Gasteiger partial charge in [0, 0.05) is 11.1 Å². The molecule has 1 aliphatic rings. The molecule has 45 heavy (non-hydrogen) atoms. The van der Waals surface area contributed by atoms with E-state index in [4.69, 9.17) is 11.6 Å². The number of carbonyl (C=O) groups is 1. The van der Waals surface area contributed by atoms with E-state index in [0.717, 1.165) is 51.8 Å². The summed E-state index contributed by atoms with van der Waals surface area (Å²) >= 11 is 6.30. The highest BCUT2D eigenvalue weighted by molar-refractivity contribution is 6.31. The summed E-state index contributed by atoms with van der Waals surface area (Å²) in [7, 11) is 0. The van der Waals surface area contributed by atoms with Gasteiger partial charge in [-0.25, -0.2) is 4.79 Å². The van der Waals surface area contributed by atoms with Crippen LogP contribution in [0.5, 0.6) is 0 Å². The van der Waals surface area contributed by atoms with Crippen molar-refractivity contribution in [3.05, 3.63) is 171 Å². The third-order valence-corrected chi connectivity index (χ3v) is 8.93. The number of imidazole rings is 1. The molecule has 0 aliphatic heterocycles. The van der Waals surface area contributed by atoms with Crippen LogP contribution in [0.15, 0.2) is 138 Å². The second-order valence-corrected chi connectivity index (χ2v) is 12.0. The fraction of sp³-hybridized carbons (Fsp3) is 0.158. The van der Waals surface area contributed by atoms with Crippen LogP contribution >= 0.6 is 11.6 Å². The molecule has 0 bridgehead atoms. The van der Waals surface area contributed by atoms with E-state index < -0.39 is 17.6 Å². The number of rotatable bonds is 10. The maximum atomic E-state index is 13.6. The highest BCUT2D eigenvalue weighted by atomic mass is 35.5. The summed E-state index contributed by atoms with van der Waals surface area (Å²) in [4.78, 5) is 26.5. The van der Waals surface area contributed by atoms with Crippen molar-refractivity contribution < 1.29 is 9.90 Å². The van der Waals surface area contributed by atoms with Gasteiger partial charge in [-0.15, -0.1) is 0 Å². The molecule has 1 unspecified atom stereocenters. The lowest BCUT2D eigenvalue weighted by molar-refractivity contribution is -0.139. The Morgan fingerprint density at radius 2 is 1.31 bits per heavy atom. The SMILES string of the molecule is O=C(O)C(Cc1ccc(-n2c(=O)n(C3CC3)c3cc(Cl)ccc32)cc1)NC(c1ccccc1)(c1ccccc1)c1ccccc1. The Morgan fingerprint density at radius 1 is 0.778 bits per heavy atom. The first-order chi connectivity index (χ1) is 22.0. The number of aliphatic carboxylic acids is 1. The predicted molar refractivity (Wildman–Crippen MR) is 178 cm³/mol. The molecule has 1 heterocycles. The average Bonchev–Trinajstić information content (AvgIpc) is 3.87. The van der Waals surface area contributed by atoms with E-state index in [-0.39, 0.29) is 18.2 Å². The molecule has 1 fully saturated rings. The number of carboxylic acid groups (broad SMARTS) is 1. The molecular formula is C38H32ClN3O3. The number of aromatic nitrogens is 2. The molecule has 5 aromatic carbocycles. The summed E-state index contributed by atoms with van der Waals surface area (Å²) in [6.45, 7) is 0. The minimum Gasteiger partial charge on any atom is -0.480 e. The van der Waals surface area contributed by atoms with Gasteiger partial charge in [-0.3, -0.25) is 19.2 Å². The number of nitrogens with one attached hydrogen (secondary N) is 1. The van der Waals surface area contributed by atoms with Crippen molar-refractivity contribution in [3.63, 3.8) is 0 Å². The monoisotopic (exact) mass is 613 g/mol. The molecule has 7 heteroatoms. The Bertz CT molecular complexity index is 1920. The predicted octanol–water partition coefficient (Wildman–Crippen LogP) is 7.36. The van der Waals surface area contributed by atoms with Gasteiger partial charge in [0.1, 0.15) is 6.04 Å². The van der Waals surface area contributed by atoms with Crippen LogP contribution in [0.2, 0.25) is 5.02 Å². The van der Waals surface area contributed by atoms with E-state index in [2.05, 4.69) is 5.32 Å². The van der Waals surface area contributed by atoms with Crippen LogP contribution in [0.25, 0.3) is 16.7 Å². The topological polar surface area (TPSA) is 76.3 Å². The van der Waals surface area contributed by atoms with E-state index in [1.54, 1.807) is 10.6 Å². The van der Waals surface area contributed by atoms with Crippen LogP contribution in [0.3, 0.4) is 0 Å². The summed E-state index contributed by atoms with van der Waals surface area (Å²) in [6, 6.07) is 42.3. The average molecular weight is 614 g/mol. The minimum absolute atomic E-state index is 0.0917. The van der Waals surface area contributed by atoms with Crippen molar-refractivity contribution in [1.82, 2.24) is 14.5 Å². The third kappa shape index (κ3) is 5.37. The Balaban J connectivity index is 1.27. The summed E-state index contributed by atoms with van der Waals surface area (Å²) in [6.07, 6.45) is 2.19. The fourth-order valence-corrected chi connectivity index (χ4v) is 6.59. The molecule has 1 atom stereocenters. The van der Waals surface area contributed by atoms with Crippen molar-refractivity contribution in [3.8, 4) is 5.69 Å². The van der Waals surface area contributed by atoms with Crippen molar-refractivity contribution in [2.45, 2.75) is 36.9 Å². The lowest BCUT2D eigenvalue weighted by Gasteiger charge is -2.39. The summed E-state index contributed by atoms with van der Waals surface area (Å²) in [5, 5.41) is 14.8. The Labute approximate surface area is 266 Å². The first-order valence-corrected chi connectivity index (χ1v) is 15.5. The molecule has 0 radical (unpaired) electrons. The zero-order chi connectivity index (χ0) is 31.0. The standard InChI is InChI=1S/C38H32ClN3O3/c39-30-18-23-34-35(25-30)42(32-21-22-32)37(45)41(34)31-19-16-26(17-20-31)24-33(36(43)44)40-38(27-10-4-1-5-11-27,28-12-6-2-7-13-28)29-14-8-3-9-15-29/h1-20,23,25,32-33,40H,21-22,24H2,(H,43,44). The van der Waals surface area contributed by atoms with Gasteiger partial charge < -0.3 is 5.11 Å². The van der Waals surface area contributed by atoms with E-state index in [1.165, 1.54) is 0 Å². The minimum atomic E-state index is -0.952. The van der Waals surface area contributed by atoms with Gasteiger partial charge in [-0.1, -0.05) is 115 Å². The molecule has 0 saturated heterocycles. The highest BCUT2D eigenvalue weighted by Gasteiger charge is 2.40. The molecule has 6 aromatic rings. The third-order valence-electron chi connectivity index (χ3n) is 8.69. The maximum absolute atomic E-state index is 13.6. The number of hydrogen-bond donors (Lipinski definition) is 2. The van der Waals surface area contributed by atoms with E-state index in [0.29, 0.717) is 5.02 Å². The number of benzene rings is 5. The van der Waals surface area contributed by atoms with Crippen LogP contribution in [-0.4, -0.2) is 26.3 Å². The second kappa shape index (κ2) is 11.9. The van der Waals surface area contributed by atoms with Crippen LogP contribution in [0.1, 0.15) is 41.1 Å². The van der Waals surface area contributed by atoms with Crippen LogP contribution < -0.4 is 11.0 Å². The van der Waals surface area contributed by atoms with Crippen molar-refractivity contribution in [1.29, 1.82) is 0 Å². The molecular weight excluding hydrogens is 582 g/mol. The molecule has 7 rings (SSSR count). The van der Waals surface area contributed by atoms with Crippen molar-refractivity contribution >= 4 is 28.6 Å². The first-order valence-electron chi connectivity index (χ1n) is 15.1. The maximum Gasteiger partial charge on any atom is 0.333 e.